The second-order valence-electron chi connectivity index (χ2n) is 5.60. The molecule has 0 spiro atoms. The minimum absolute atomic E-state index is 0.00533. The first kappa shape index (κ1) is 14.6. The molecule has 2 unspecified atom stereocenters. The van der Waals surface area contributed by atoms with Crippen LogP contribution in [0.25, 0.3) is 0 Å². The quantitative estimate of drug-likeness (QED) is 0.846. The number of hydrogen-bond acceptors (Lipinski definition) is 2. The molecule has 1 heterocycles. The smallest absolute Gasteiger partial charge is 0.240 e. The minimum Gasteiger partial charge on any atom is -0.339 e. The summed E-state index contributed by atoms with van der Waals surface area (Å²) >= 11 is 0. The first-order valence-electron chi connectivity index (χ1n) is 7.46. The van der Waals surface area contributed by atoms with E-state index in [1.54, 1.807) is 0 Å². The van der Waals surface area contributed by atoms with Gasteiger partial charge >= 0.3 is 0 Å². The molecular formula is C17H22N2O. The Balaban J connectivity index is 2.06. The summed E-state index contributed by atoms with van der Waals surface area (Å²) in [7, 11) is 0. The third-order valence-corrected chi connectivity index (χ3v) is 4.07. The van der Waals surface area contributed by atoms with Crippen molar-refractivity contribution in [3.05, 3.63) is 35.9 Å². The Morgan fingerprint density at radius 2 is 2.10 bits per heavy atom. The van der Waals surface area contributed by atoms with Gasteiger partial charge in [0.15, 0.2) is 0 Å². The first-order valence-corrected chi connectivity index (χ1v) is 7.46. The van der Waals surface area contributed by atoms with Gasteiger partial charge in [-0.15, -0.1) is 0 Å². The standard InChI is InChI=1S/C17H22N2O/c1-14-8-4-3-7-11-19(14)17(20)16(13-18)12-15-9-5-2-6-10-15/h2,5-6,9-10,14,16H,3-4,7-8,11-12H2,1H3. The zero-order valence-electron chi connectivity index (χ0n) is 12.1. The maximum atomic E-state index is 12.6. The molecule has 0 N–H and O–H groups in total. The molecular weight excluding hydrogens is 248 g/mol. The van der Waals surface area contributed by atoms with Crippen LogP contribution >= 0.6 is 0 Å². The first-order chi connectivity index (χ1) is 9.72. The summed E-state index contributed by atoms with van der Waals surface area (Å²) in [6, 6.07) is 12.3. The van der Waals surface area contributed by atoms with Gasteiger partial charge in [0.25, 0.3) is 0 Å². The van der Waals surface area contributed by atoms with Crippen LogP contribution in [0.2, 0.25) is 0 Å². The van der Waals surface area contributed by atoms with Gasteiger partial charge in [0.2, 0.25) is 5.91 Å². The van der Waals surface area contributed by atoms with Crippen LogP contribution in [0.1, 0.15) is 38.2 Å². The number of likely N-dealkylation sites (tertiary alicyclic amines) is 1. The van der Waals surface area contributed by atoms with Gasteiger partial charge in [-0.3, -0.25) is 4.79 Å². The fourth-order valence-electron chi connectivity index (χ4n) is 2.84. The molecule has 20 heavy (non-hydrogen) atoms. The normalized spacial score (nSPS) is 20.8. The topological polar surface area (TPSA) is 44.1 Å². The van der Waals surface area contributed by atoms with E-state index in [0.29, 0.717) is 6.42 Å². The van der Waals surface area contributed by atoms with Gasteiger partial charge in [0.05, 0.1) is 6.07 Å². The fraction of sp³-hybridized carbons (Fsp3) is 0.529. The average molecular weight is 270 g/mol. The number of nitriles is 1. The molecule has 0 bridgehead atoms. The van der Waals surface area contributed by atoms with E-state index in [4.69, 9.17) is 0 Å². The largest absolute Gasteiger partial charge is 0.339 e. The SMILES string of the molecule is CC1CCCCCN1C(=O)C(C#N)Cc1ccccc1. The van der Waals surface area contributed by atoms with Crippen molar-refractivity contribution in [1.29, 1.82) is 5.26 Å². The molecule has 1 fully saturated rings. The minimum atomic E-state index is -0.557. The van der Waals surface area contributed by atoms with Crippen molar-refractivity contribution in [2.75, 3.05) is 6.54 Å². The Morgan fingerprint density at radius 3 is 2.80 bits per heavy atom. The molecule has 3 nitrogen and oxygen atoms in total. The second kappa shape index (κ2) is 7.09. The van der Waals surface area contributed by atoms with E-state index < -0.39 is 5.92 Å². The predicted octanol–water partition coefficient (Wildman–Crippen LogP) is 3.16. The van der Waals surface area contributed by atoms with Crippen molar-refractivity contribution in [2.45, 2.75) is 45.1 Å². The van der Waals surface area contributed by atoms with Crippen molar-refractivity contribution < 1.29 is 4.79 Å². The molecule has 1 aromatic carbocycles. The number of amides is 1. The van der Waals surface area contributed by atoms with Crippen LogP contribution < -0.4 is 0 Å². The molecule has 0 aliphatic carbocycles. The van der Waals surface area contributed by atoms with E-state index in [2.05, 4.69) is 13.0 Å². The number of rotatable bonds is 3. The number of benzene rings is 1. The van der Waals surface area contributed by atoms with Crippen LogP contribution in [0, 0.1) is 17.2 Å². The number of carbonyl (C=O) groups is 1. The van der Waals surface area contributed by atoms with Crippen molar-refractivity contribution in [3.8, 4) is 6.07 Å². The predicted molar refractivity (Wildman–Crippen MR) is 78.9 cm³/mol. The van der Waals surface area contributed by atoms with E-state index in [9.17, 15) is 10.1 Å². The van der Waals surface area contributed by atoms with E-state index in [1.807, 2.05) is 35.2 Å². The Labute approximate surface area is 121 Å². The van der Waals surface area contributed by atoms with Gasteiger partial charge in [0.1, 0.15) is 5.92 Å². The Hall–Kier alpha value is -1.82. The van der Waals surface area contributed by atoms with E-state index in [1.165, 1.54) is 12.8 Å². The number of nitrogens with zero attached hydrogens (tertiary/aromatic N) is 2. The average Bonchev–Trinajstić information content (AvgIpc) is 2.70. The van der Waals surface area contributed by atoms with Gasteiger partial charge in [-0.05, 0) is 31.7 Å². The molecule has 0 saturated carbocycles. The van der Waals surface area contributed by atoms with E-state index in [-0.39, 0.29) is 11.9 Å². The molecule has 1 aliphatic heterocycles. The summed E-state index contributed by atoms with van der Waals surface area (Å²) < 4.78 is 0. The van der Waals surface area contributed by atoms with Gasteiger partial charge < -0.3 is 4.90 Å². The lowest BCUT2D eigenvalue weighted by Gasteiger charge is -2.29. The summed E-state index contributed by atoms with van der Waals surface area (Å²) in [5, 5.41) is 9.35. The van der Waals surface area contributed by atoms with Crippen LogP contribution in [0.5, 0.6) is 0 Å². The molecule has 1 amide bonds. The van der Waals surface area contributed by atoms with Gasteiger partial charge in [-0.2, -0.15) is 5.26 Å². The zero-order valence-corrected chi connectivity index (χ0v) is 12.1. The lowest BCUT2D eigenvalue weighted by molar-refractivity contribution is -0.135. The lowest BCUT2D eigenvalue weighted by Crippen LogP contribution is -2.42. The monoisotopic (exact) mass is 270 g/mol. The van der Waals surface area contributed by atoms with Crippen molar-refractivity contribution in [1.82, 2.24) is 4.90 Å². The Bertz CT molecular complexity index is 478. The summed E-state index contributed by atoms with van der Waals surface area (Å²) in [4.78, 5) is 14.5. The Kier molecular flexibility index (Phi) is 5.17. The van der Waals surface area contributed by atoms with Crippen LogP contribution in [-0.4, -0.2) is 23.4 Å². The van der Waals surface area contributed by atoms with Crippen molar-refractivity contribution in [2.24, 2.45) is 5.92 Å². The zero-order chi connectivity index (χ0) is 14.4. The highest BCUT2D eigenvalue weighted by molar-refractivity contribution is 5.81. The van der Waals surface area contributed by atoms with Gasteiger partial charge in [-0.25, -0.2) is 0 Å². The van der Waals surface area contributed by atoms with Gasteiger partial charge in [-0.1, -0.05) is 43.2 Å². The number of carbonyl (C=O) groups excluding carboxylic acids is 1. The third kappa shape index (κ3) is 3.60. The molecule has 1 aromatic rings. The summed E-state index contributed by atoms with van der Waals surface area (Å²) in [6.45, 7) is 2.90. The van der Waals surface area contributed by atoms with Crippen LogP contribution in [0.4, 0.5) is 0 Å². The van der Waals surface area contributed by atoms with Crippen LogP contribution in [0.15, 0.2) is 30.3 Å². The molecule has 106 valence electrons. The summed E-state index contributed by atoms with van der Waals surface area (Å²) in [5.41, 5.74) is 1.05. The molecule has 0 radical (unpaired) electrons. The van der Waals surface area contributed by atoms with Crippen LogP contribution in [-0.2, 0) is 11.2 Å². The van der Waals surface area contributed by atoms with Crippen molar-refractivity contribution >= 4 is 5.91 Å². The third-order valence-electron chi connectivity index (χ3n) is 4.07. The maximum Gasteiger partial charge on any atom is 0.240 e. The molecule has 2 atom stereocenters. The van der Waals surface area contributed by atoms with E-state index >= 15 is 0 Å². The maximum absolute atomic E-state index is 12.6. The molecule has 1 aliphatic rings. The van der Waals surface area contributed by atoms with Crippen LogP contribution in [0.3, 0.4) is 0 Å². The molecule has 3 heteroatoms. The highest BCUT2D eigenvalue weighted by atomic mass is 16.2. The number of hydrogen-bond donors (Lipinski definition) is 0. The highest BCUT2D eigenvalue weighted by Crippen LogP contribution is 2.20. The molecule has 2 rings (SSSR count). The molecule has 0 aromatic heterocycles. The second-order valence-corrected chi connectivity index (χ2v) is 5.60. The fourth-order valence-corrected chi connectivity index (χ4v) is 2.84. The van der Waals surface area contributed by atoms with Crippen molar-refractivity contribution in [3.63, 3.8) is 0 Å². The summed E-state index contributed by atoms with van der Waals surface area (Å²) in [6.07, 6.45) is 4.99. The molecule has 1 saturated heterocycles. The Morgan fingerprint density at radius 1 is 1.35 bits per heavy atom. The lowest BCUT2D eigenvalue weighted by atomic mass is 9.98. The summed E-state index contributed by atoms with van der Waals surface area (Å²) in [5.74, 6) is -0.552. The van der Waals surface area contributed by atoms with Gasteiger partial charge in [0, 0.05) is 12.6 Å². The highest BCUT2D eigenvalue weighted by Gasteiger charge is 2.28. The van der Waals surface area contributed by atoms with E-state index in [0.717, 1.165) is 24.9 Å².